The minimum Gasteiger partial charge on any atom is -0.381 e. The van der Waals surface area contributed by atoms with E-state index >= 15 is 0 Å². The number of nitrogens with one attached hydrogen (secondary N) is 3. The van der Waals surface area contributed by atoms with E-state index in [-0.39, 0.29) is 5.91 Å². The molecule has 0 saturated carbocycles. The van der Waals surface area contributed by atoms with Gasteiger partial charge in [0, 0.05) is 42.1 Å². The third-order valence-corrected chi connectivity index (χ3v) is 5.09. The van der Waals surface area contributed by atoms with Crippen molar-refractivity contribution < 1.29 is 4.79 Å². The van der Waals surface area contributed by atoms with E-state index < -0.39 is 0 Å². The standard InChI is InChI=1S/C24H24N4O/c1-17-6-2-3-7-18(17)15-27-20-11-13-25-23(14-20)24(29)26-12-10-19-16-28-22-9-5-4-8-21(19)22/h2-9,11,13-14,16,28H,10,12,15H2,1H3,(H,25,27)(H,26,29). The predicted molar refractivity (Wildman–Crippen MR) is 117 cm³/mol. The molecule has 2 heterocycles. The number of aromatic amines is 1. The molecule has 0 unspecified atom stereocenters. The Morgan fingerprint density at radius 3 is 2.76 bits per heavy atom. The van der Waals surface area contributed by atoms with Crippen LogP contribution in [0.4, 0.5) is 5.69 Å². The molecule has 0 saturated heterocycles. The summed E-state index contributed by atoms with van der Waals surface area (Å²) in [6.45, 7) is 3.36. The Balaban J connectivity index is 1.34. The number of benzene rings is 2. The summed E-state index contributed by atoms with van der Waals surface area (Å²) in [5.41, 5.74) is 6.08. The number of fused-ring (bicyclic) bond motifs is 1. The first-order chi connectivity index (χ1) is 14.2. The van der Waals surface area contributed by atoms with Gasteiger partial charge in [0.25, 0.3) is 5.91 Å². The minimum atomic E-state index is -0.163. The lowest BCUT2D eigenvalue weighted by molar-refractivity contribution is 0.0949. The van der Waals surface area contributed by atoms with Crippen molar-refractivity contribution in [2.45, 2.75) is 19.9 Å². The van der Waals surface area contributed by atoms with Crippen molar-refractivity contribution in [2.24, 2.45) is 0 Å². The average molecular weight is 384 g/mol. The number of anilines is 1. The fraction of sp³-hybridized carbons (Fsp3) is 0.167. The highest BCUT2D eigenvalue weighted by Crippen LogP contribution is 2.18. The molecule has 0 atom stereocenters. The molecular formula is C24H24N4O. The van der Waals surface area contributed by atoms with Crippen molar-refractivity contribution >= 4 is 22.5 Å². The molecule has 3 N–H and O–H groups in total. The lowest BCUT2D eigenvalue weighted by Gasteiger charge is -2.10. The first-order valence-corrected chi connectivity index (χ1v) is 9.78. The number of aromatic nitrogens is 2. The molecule has 0 aliphatic carbocycles. The van der Waals surface area contributed by atoms with Crippen molar-refractivity contribution in [1.29, 1.82) is 0 Å². The van der Waals surface area contributed by atoms with Crippen LogP contribution in [-0.2, 0) is 13.0 Å². The predicted octanol–water partition coefficient (Wildman–Crippen LogP) is 4.46. The lowest BCUT2D eigenvalue weighted by Crippen LogP contribution is -2.26. The number of carbonyl (C=O) groups is 1. The Bertz CT molecular complexity index is 1130. The molecule has 1 amide bonds. The smallest absolute Gasteiger partial charge is 0.269 e. The zero-order valence-corrected chi connectivity index (χ0v) is 16.4. The van der Waals surface area contributed by atoms with Crippen LogP contribution in [0.15, 0.2) is 73.1 Å². The normalized spacial score (nSPS) is 10.8. The third-order valence-electron chi connectivity index (χ3n) is 5.09. The van der Waals surface area contributed by atoms with Crippen LogP contribution in [-0.4, -0.2) is 22.4 Å². The molecule has 2 aromatic carbocycles. The second-order valence-corrected chi connectivity index (χ2v) is 7.08. The van der Waals surface area contributed by atoms with Gasteiger partial charge in [0.15, 0.2) is 0 Å². The van der Waals surface area contributed by atoms with Gasteiger partial charge in [-0.25, -0.2) is 0 Å². The lowest BCUT2D eigenvalue weighted by atomic mass is 10.1. The van der Waals surface area contributed by atoms with E-state index in [9.17, 15) is 4.79 Å². The van der Waals surface area contributed by atoms with Gasteiger partial charge in [-0.05, 0) is 48.2 Å². The van der Waals surface area contributed by atoms with Gasteiger partial charge in [0.2, 0.25) is 0 Å². The summed E-state index contributed by atoms with van der Waals surface area (Å²) in [4.78, 5) is 20.0. The summed E-state index contributed by atoms with van der Waals surface area (Å²) >= 11 is 0. The monoisotopic (exact) mass is 384 g/mol. The molecule has 4 rings (SSSR count). The number of nitrogens with zero attached hydrogens (tertiary/aromatic N) is 1. The molecule has 146 valence electrons. The maximum atomic E-state index is 12.5. The molecule has 2 aromatic heterocycles. The van der Waals surface area contributed by atoms with E-state index in [1.165, 1.54) is 22.1 Å². The van der Waals surface area contributed by atoms with Gasteiger partial charge in [-0.15, -0.1) is 0 Å². The van der Waals surface area contributed by atoms with Crippen molar-refractivity contribution in [3.05, 3.63) is 95.4 Å². The van der Waals surface area contributed by atoms with Gasteiger partial charge in [-0.1, -0.05) is 42.5 Å². The Kier molecular flexibility index (Phi) is 5.56. The van der Waals surface area contributed by atoms with Crippen LogP contribution >= 0.6 is 0 Å². The van der Waals surface area contributed by atoms with Gasteiger partial charge in [-0.2, -0.15) is 0 Å². The number of rotatable bonds is 7. The summed E-state index contributed by atoms with van der Waals surface area (Å²) < 4.78 is 0. The molecule has 0 aliphatic rings. The van der Waals surface area contributed by atoms with Crippen LogP contribution in [0.25, 0.3) is 10.9 Å². The number of amides is 1. The number of hydrogen-bond donors (Lipinski definition) is 3. The number of pyridine rings is 1. The van der Waals surface area contributed by atoms with Gasteiger partial charge < -0.3 is 15.6 Å². The van der Waals surface area contributed by atoms with E-state index in [0.29, 0.717) is 18.8 Å². The van der Waals surface area contributed by atoms with E-state index in [0.717, 1.165) is 17.6 Å². The highest BCUT2D eigenvalue weighted by atomic mass is 16.1. The summed E-state index contributed by atoms with van der Waals surface area (Å²) in [5, 5.41) is 7.54. The maximum absolute atomic E-state index is 12.5. The Morgan fingerprint density at radius 2 is 1.86 bits per heavy atom. The third kappa shape index (κ3) is 4.46. The molecule has 0 aliphatic heterocycles. The summed E-state index contributed by atoms with van der Waals surface area (Å²) in [7, 11) is 0. The molecule has 4 aromatic rings. The number of H-pyrrole nitrogens is 1. The SMILES string of the molecule is Cc1ccccc1CNc1ccnc(C(=O)NCCc2c[nH]c3ccccc23)c1. The average Bonchev–Trinajstić information content (AvgIpc) is 3.16. The van der Waals surface area contributed by atoms with E-state index in [4.69, 9.17) is 0 Å². The van der Waals surface area contributed by atoms with Gasteiger partial charge in [0.05, 0.1) is 0 Å². The largest absolute Gasteiger partial charge is 0.381 e. The highest BCUT2D eigenvalue weighted by Gasteiger charge is 2.09. The van der Waals surface area contributed by atoms with Crippen LogP contribution in [0.1, 0.15) is 27.2 Å². The molecule has 0 bridgehead atoms. The van der Waals surface area contributed by atoms with E-state index in [1.807, 2.05) is 36.5 Å². The number of para-hydroxylation sites is 1. The molecular weight excluding hydrogens is 360 g/mol. The summed E-state index contributed by atoms with van der Waals surface area (Å²) in [5.74, 6) is -0.163. The zero-order valence-electron chi connectivity index (χ0n) is 16.4. The van der Waals surface area contributed by atoms with Crippen LogP contribution in [0, 0.1) is 6.92 Å². The Labute approximate surface area is 170 Å². The van der Waals surface area contributed by atoms with Gasteiger partial charge >= 0.3 is 0 Å². The first-order valence-electron chi connectivity index (χ1n) is 9.78. The number of hydrogen-bond acceptors (Lipinski definition) is 3. The second-order valence-electron chi connectivity index (χ2n) is 7.08. The van der Waals surface area contributed by atoms with Crippen molar-refractivity contribution in [2.75, 3.05) is 11.9 Å². The quantitative estimate of drug-likeness (QED) is 0.441. The molecule has 5 heteroatoms. The topological polar surface area (TPSA) is 69.8 Å². The molecule has 0 radical (unpaired) electrons. The molecule has 0 fully saturated rings. The van der Waals surface area contributed by atoms with Crippen molar-refractivity contribution in [1.82, 2.24) is 15.3 Å². The zero-order chi connectivity index (χ0) is 20.1. The van der Waals surface area contributed by atoms with Crippen LogP contribution in [0.2, 0.25) is 0 Å². The maximum Gasteiger partial charge on any atom is 0.269 e. The molecule has 5 nitrogen and oxygen atoms in total. The van der Waals surface area contributed by atoms with Crippen LogP contribution < -0.4 is 10.6 Å². The van der Waals surface area contributed by atoms with Gasteiger partial charge in [-0.3, -0.25) is 9.78 Å². The fourth-order valence-electron chi connectivity index (χ4n) is 3.41. The molecule has 29 heavy (non-hydrogen) atoms. The van der Waals surface area contributed by atoms with Crippen molar-refractivity contribution in [3.63, 3.8) is 0 Å². The fourth-order valence-corrected chi connectivity index (χ4v) is 3.41. The summed E-state index contributed by atoms with van der Waals surface area (Å²) in [6, 6.07) is 20.1. The van der Waals surface area contributed by atoms with E-state index in [2.05, 4.69) is 51.8 Å². The first kappa shape index (κ1) is 18.7. The highest BCUT2D eigenvalue weighted by molar-refractivity contribution is 5.93. The van der Waals surface area contributed by atoms with E-state index in [1.54, 1.807) is 12.3 Å². The van der Waals surface area contributed by atoms with Crippen molar-refractivity contribution in [3.8, 4) is 0 Å². The van der Waals surface area contributed by atoms with Gasteiger partial charge in [0.1, 0.15) is 5.69 Å². The number of carbonyl (C=O) groups excluding carboxylic acids is 1. The Hall–Kier alpha value is -3.60. The minimum absolute atomic E-state index is 0.163. The Morgan fingerprint density at radius 1 is 1.03 bits per heavy atom. The van der Waals surface area contributed by atoms with Crippen LogP contribution in [0.5, 0.6) is 0 Å². The molecule has 0 spiro atoms. The summed E-state index contributed by atoms with van der Waals surface area (Å²) in [6.07, 6.45) is 4.43. The second kappa shape index (κ2) is 8.61. The number of aryl methyl sites for hydroxylation is 1. The van der Waals surface area contributed by atoms with Crippen LogP contribution in [0.3, 0.4) is 0 Å².